The summed E-state index contributed by atoms with van der Waals surface area (Å²) in [5.41, 5.74) is 0. The maximum atomic E-state index is 2.42. The highest BCUT2D eigenvalue weighted by atomic mass is 14.3. The quantitative estimate of drug-likeness (QED) is 0.546. The van der Waals surface area contributed by atoms with Crippen molar-refractivity contribution in [3.8, 4) is 0 Å². The Morgan fingerprint density at radius 3 is 2.25 bits per heavy atom. The summed E-state index contributed by atoms with van der Waals surface area (Å²) in [6.45, 7) is 9.36. The monoisotopic (exact) mass is 166 g/mol. The third-order valence-electron chi connectivity index (χ3n) is 3.20. The van der Waals surface area contributed by atoms with E-state index in [9.17, 15) is 0 Å². The molecule has 0 bridgehead atoms. The van der Waals surface area contributed by atoms with E-state index in [1.165, 1.54) is 12.8 Å². The minimum Gasteiger partial charge on any atom is -0.0880 e. The first kappa shape index (κ1) is 9.83. The topological polar surface area (TPSA) is 0 Å². The SMILES string of the molecule is CC(C)C1C=CCC(C(C)C)C1. The van der Waals surface area contributed by atoms with Gasteiger partial charge in [0.15, 0.2) is 0 Å². The van der Waals surface area contributed by atoms with Crippen LogP contribution in [-0.2, 0) is 0 Å². The molecule has 0 saturated heterocycles. The number of allylic oxidation sites excluding steroid dienone is 2. The Labute approximate surface area is 77.1 Å². The van der Waals surface area contributed by atoms with Crippen LogP contribution in [0, 0.1) is 23.7 Å². The van der Waals surface area contributed by atoms with E-state index in [0.29, 0.717) is 0 Å². The molecule has 0 spiro atoms. The Hall–Kier alpha value is -0.260. The summed E-state index contributed by atoms with van der Waals surface area (Å²) in [6, 6.07) is 0. The normalized spacial score (nSPS) is 30.2. The van der Waals surface area contributed by atoms with Gasteiger partial charge in [-0.05, 0) is 36.5 Å². The summed E-state index contributed by atoms with van der Waals surface area (Å²) in [5, 5.41) is 0. The molecular formula is C12H22. The second-order valence-corrected chi connectivity index (χ2v) is 4.81. The molecule has 0 heterocycles. The van der Waals surface area contributed by atoms with Crippen LogP contribution in [0.15, 0.2) is 12.2 Å². The summed E-state index contributed by atoms with van der Waals surface area (Å²) in [7, 11) is 0. The van der Waals surface area contributed by atoms with Crippen LogP contribution in [0.1, 0.15) is 40.5 Å². The number of hydrogen-bond acceptors (Lipinski definition) is 0. The van der Waals surface area contributed by atoms with Crippen LogP contribution in [0.2, 0.25) is 0 Å². The van der Waals surface area contributed by atoms with Gasteiger partial charge in [0, 0.05) is 0 Å². The molecule has 2 atom stereocenters. The molecule has 0 radical (unpaired) electrons. The van der Waals surface area contributed by atoms with Crippen molar-refractivity contribution in [2.75, 3.05) is 0 Å². The van der Waals surface area contributed by atoms with Crippen LogP contribution in [0.5, 0.6) is 0 Å². The van der Waals surface area contributed by atoms with E-state index in [-0.39, 0.29) is 0 Å². The molecule has 0 saturated carbocycles. The molecule has 70 valence electrons. The van der Waals surface area contributed by atoms with Gasteiger partial charge < -0.3 is 0 Å². The molecule has 0 fully saturated rings. The van der Waals surface area contributed by atoms with Gasteiger partial charge in [0.25, 0.3) is 0 Å². The average Bonchev–Trinajstić information content (AvgIpc) is 2.04. The fourth-order valence-corrected chi connectivity index (χ4v) is 1.99. The van der Waals surface area contributed by atoms with E-state index in [1.54, 1.807) is 0 Å². The molecule has 0 nitrogen and oxygen atoms in total. The lowest BCUT2D eigenvalue weighted by Gasteiger charge is -2.29. The predicted molar refractivity (Wildman–Crippen MR) is 55.0 cm³/mol. The lowest BCUT2D eigenvalue weighted by atomic mass is 9.76. The van der Waals surface area contributed by atoms with E-state index in [2.05, 4.69) is 39.8 Å². The second-order valence-electron chi connectivity index (χ2n) is 4.81. The summed E-state index contributed by atoms with van der Waals surface area (Å²) in [6.07, 6.45) is 7.52. The maximum absolute atomic E-state index is 2.42. The van der Waals surface area contributed by atoms with Crippen molar-refractivity contribution in [1.82, 2.24) is 0 Å². The van der Waals surface area contributed by atoms with Crippen LogP contribution >= 0.6 is 0 Å². The zero-order valence-electron chi connectivity index (χ0n) is 8.88. The third kappa shape index (κ3) is 2.36. The highest BCUT2D eigenvalue weighted by Crippen LogP contribution is 2.32. The Kier molecular flexibility index (Phi) is 3.37. The van der Waals surface area contributed by atoms with Crippen LogP contribution in [0.4, 0.5) is 0 Å². The van der Waals surface area contributed by atoms with Gasteiger partial charge in [-0.3, -0.25) is 0 Å². The van der Waals surface area contributed by atoms with E-state index < -0.39 is 0 Å². The summed E-state index contributed by atoms with van der Waals surface area (Å²) >= 11 is 0. The zero-order chi connectivity index (χ0) is 9.14. The molecule has 0 aliphatic heterocycles. The molecule has 0 N–H and O–H groups in total. The predicted octanol–water partition coefficient (Wildman–Crippen LogP) is 3.88. The minimum atomic E-state index is 0.822. The highest BCUT2D eigenvalue weighted by molar-refractivity contribution is 4.97. The van der Waals surface area contributed by atoms with Gasteiger partial charge in [-0.1, -0.05) is 39.8 Å². The molecule has 1 aliphatic carbocycles. The number of rotatable bonds is 2. The zero-order valence-corrected chi connectivity index (χ0v) is 8.88. The van der Waals surface area contributed by atoms with Gasteiger partial charge >= 0.3 is 0 Å². The van der Waals surface area contributed by atoms with E-state index in [0.717, 1.165) is 23.7 Å². The van der Waals surface area contributed by atoms with Crippen LogP contribution < -0.4 is 0 Å². The molecule has 12 heavy (non-hydrogen) atoms. The standard InChI is InChI=1S/C12H22/c1-9(2)11-6-5-7-12(8-11)10(3)4/h5-6,9-12H,7-8H2,1-4H3. The van der Waals surface area contributed by atoms with E-state index >= 15 is 0 Å². The molecule has 0 aromatic carbocycles. The van der Waals surface area contributed by atoms with Crippen molar-refractivity contribution in [2.45, 2.75) is 40.5 Å². The molecule has 0 aromatic heterocycles. The lowest BCUT2D eigenvalue weighted by Crippen LogP contribution is -2.19. The van der Waals surface area contributed by atoms with E-state index in [4.69, 9.17) is 0 Å². The molecule has 0 heteroatoms. The lowest BCUT2D eigenvalue weighted by molar-refractivity contribution is 0.274. The molecule has 0 aromatic rings. The highest BCUT2D eigenvalue weighted by Gasteiger charge is 2.21. The van der Waals surface area contributed by atoms with Crippen molar-refractivity contribution >= 4 is 0 Å². The Balaban J connectivity index is 2.51. The average molecular weight is 166 g/mol. The minimum absolute atomic E-state index is 0.822. The fraction of sp³-hybridized carbons (Fsp3) is 0.833. The second kappa shape index (κ2) is 4.11. The third-order valence-corrected chi connectivity index (χ3v) is 3.20. The van der Waals surface area contributed by atoms with Crippen LogP contribution in [0.25, 0.3) is 0 Å². The van der Waals surface area contributed by atoms with Gasteiger partial charge in [-0.25, -0.2) is 0 Å². The van der Waals surface area contributed by atoms with Gasteiger partial charge in [-0.15, -0.1) is 0 Å². The molecular weight excluding hydrogens is 144 g/mol. The van der Waals surface area contributed by atoms with E-state index in [1.807, 2.05) is 0 Å². The van der Waals surface area contributed by atoms with Gasteiger partial charge in [0.2, 0.25) is 0 Å². The Morgan fingerprint density at radius 1 is 1.08 bits per heavy atom. The summed E-state index contributed by atoms with van der Waals surface area (Å²) in [5.74, 6) is 3.45. The Morgan fingerprint density at radius 2 is 1.75 bits per heavy atom. The van der Waals surface area contributed by atoms with Crippen LogP contribution in [0.3, 0.4) is 0 Å². The Bertz CT molecular complexity index is 153. The largest absolute Gasteiger partial charge is 0.0880 e. The van der Waals surface area contributed by atoms with Crippen molar-refractivity contribution in [3.63, 3.8) is 0 Å². The number of hydrogen-bond donors (Lipinski definition) is 0. The van der Waals surface area contributed by atoms with Crippen molar-refractivity contribution in [3.05, 3.63) is 12.2 Å². The molecule has 1 aliphatic rings. The molecule has 1 rings (SSSR count). The van der Waals surface area contributed by atoms with Crippen molar-refractivity contribution in [1.29, 1.82) is 0 Å². The van der Waals surface area contributed by atoms with Crippen molar-refractivity contribution < 1.29 is 0 Å². The fourth-order valence-electron chi connectivity index (χ4n) is 1.99. The first-order valence-electron chi connectivity index (χ1n) is 5.28. The van der Waals surface area contributed by atoms with Crippen molar-refractivity contribution in [2.24, 2.45) is 23.7 Å². The first-order chi connectivity index (χ1) is 5.61. The van der Waals surface area contributed by atoms with Gasteiger partial charge in [-0.2, -0.15) is 0 Å². The summed E-state index contributed by atoms with van der Waals surface area (Å²) in [4.78, 5) is 0. The first-order valence-corrected chi connectivity index (χ1v) is 5.28. The molecule has 0 amide bonds. The molecule has 2 unspecified atom stereocenters. The maximum Gasteiger partial charge on any atom is -0.0208 e. The van der Waals surface area contributed by atoms with Gasteiger partial charge in [0.05, 0.1) is 0 Å². The van der Waals surface area contributed by atoms with Gasteiger partial charge in [0.1, 0.15) is 0 Å². The van der Waals surface area contributed by atoms with Crippen LogP contribution in [-0.4, -0.2) is 0 Å². The smallest absolute Gasteiger partial charge is 0.0208 e. The summed E-state index contributed by atoms with van der Waals surface area (Å²) < 4.78 is 0.